The fourth-order valence-corrected chi connectivity index (χ4v) is 3.94. The topological polar surface area (TPSA) is 45.6 Å². The number of thioether (sulfide) groups is 1. The number of amidine groups is 1. The molecule has 0 aliphatic carbocycles. The van der Waals surface area contributed by atoms with E-state index in [1.54, 1.807) is 24.5 Å². The number of aromatic nitrogens is 1. The highest BCUT2D eigenvalue weighted by molar-refractivity contribution is 8.22. The molecule has 3 heterocycles. The number of aliphatic imine (C=N–C) groups is 1. The lowest BCUT2D eigenvalue weighted by atomic mass is 10.1. The molecule has 23 heavy (non-hydrogen) atoms. The highest BCUT2D eigenvalue weighted by Crippen LogP contribution is 2.48. The average Bonchev–Trinajstić information content (AvgIpc) is 3.06. The molecular formula is C17H12FN3OS. The molecule has 1 atom stereocenters. The molecule has 114 valence electrons. The van der Waals surface area contributed by atoms with Gasteiger partial charge in [0.2, 0.25) is 0 Å². The maximum atomic E-state index is 13.3. The zero-order chi connectivity index (χ0) is 16.0. The van der Waals surface area contributed by atoms with E-state index >= 15 is 0 Å². The van der Waals surface area contributed by atoms with Crippen LogP contribution in [0.3, 0.4) is 0 Å². The van der Waals surface area contributed by atoms with Crippen molar-refractivity contribution in [1.29, 1.82) is 0 Å². The Kier molecular flexibility index (Phi) is 3.27. The molecule has 0 N–H and O–H groups in total. The summed E-state index contributed by atoms with van der Waals surface area (Å²) in [4.78, 5) is 23.0. The lowest BCUT2D eigenvalue weighted by molar-refractivity contribution is -0.119. The molecule has 2 aliphatic heterocycles. The molecule has 0 radical (unpaired) electrons. The first kappa shape index (κ1) is 14.1. The van der Waals surface area contributed by atoms with E-state index in [-0.39, 0.29) is 17.8 Å². The molecular weight excluding hydrogens is 313 g/mol. The van der Waals surface area contributed by atoms with Crippen molar-refractivity contribution in [3.8, 4) is 0 Å². The van der Waals surface area contributed by atoms with Crippen LogP contribution < -0.4 is 0 Å². The number of fused-ring (bicyclic) bond motifs is 1. The van der Waals surface area contributed by atoms with Crippen molar-refractivity contribution in [3.05, 3.63) is 65.7 Å². The number of halogens is 1. The van der Waals surface area contributed by atoms with Crippen LogP contribution in [0, 0.1) is 5.82 Å². The minimum absolute atomic E-state index is 0.152. The minimum Gasteiger partial charge on any atom is -0.307 e. The van der Waals surface area contributed by atoms with Crippen LogP contribution in [0.1, 0.15) is 18.1 Å². The van der Waals surface area contributed by atoms with Gasteiger partial charge in [-0.3, -0.25) is 9.78 Å². The van der Waals surface area contributed by atoms with E-state index < -0.39 is 0 Å². The Balaban J connectivity index is 1.91. The predicted molar refractivity (Wildman–Crippen MR) is 88.8 cm³/mol. The fraction of sp³-hybridized carbons (Fsp3) is 0.118. The second-order valence-corrected chi connectivity index (χ2v) is 6.28. The van der Waals surface area contributed by atoms with Crippen LogP contribution in [0.25, 0.3) is 10.6 Å². The number of pyridine rings is 1. The van der Waals surface area contributed by atoms with E-state index in [4.69, 9.17) is 0 Å². The van der Waals surface area contributed by atoms with Crippen LogP contribution in [0.5, 0.6) is 0 Å². The largest absolute Gasteiger partial charge is 0.307 e. The van der Waals surface area contributed by atoms with Gasteiger partial charge in [0.25, 0.3) is 5.91 Å². The molecule has 1 unspecified atom stereocenters. The molecule has 1 amide bonds. The molecule has 1 aromatic heterocycles. The van der Waals surface area contributed by atoms with Gasteiger partial charge in [-0.15, -0.1) is 0 Å². The molecule has 4 rings (SSSR count). The highest BCUT2D eigenvalue weighted by atomic mass is 32.2. The van der Waals surface area contributed by atoms with Crippen molar-refractivity contribution < 1.29 is 9.18 Å². The molecule has 0 saturated carbocycles. The van der Waals surface area contributed by atoms with Gasteiger partial charge < -0.3 is 4.90 Å². The Bertz CT molecular complexity index is 846. The molecule has 6 heteroatoms. The Morgan fingerprint density at radius 1 is 1.09 bits per heavy atom. The quantitative estimate of drug-likeness (QED) is 0.849. The Labute approximate surface area is 136 Å². The van der Waals surface area contributed by atoms with E-state index in [0.717, 1.165) is 21.7 Å². The van der Waals surface area contributed by atoms with Crippen LogP contribution >= 0.6 is 11.8 Å². The van der Waals surface area contributed by atoms with E-state index in [0.29, 0.717) is 5.17 Å². The Hall–Kier alpha value is -2.47. The van der Waals surface area contributed by atoms with Crippen molar-refractivity contribution in [2.24, 2.45) is 4.99 Å². The number of rotatable bonds is 2. The van der Waals surface area contributed by atoms with Crippen LogP contribution in [-0.4, -0.2) is 27.0 Å². The standard InChI is InChI=1S/C17H12FN3OS/c1-10-16(22)20-17-21(10)14(11-2-4-13(18)5-3-11)15(23-17)12-6-8-19-9-7-12/h2-10H,1H3. The van der Waals surface area contributed by atoms with Crippen molar-refractivity contribution in [1.82, 2.24) is 9.88 Å². The van der Waals surface area contributed by atoms with Gasteiger partial charge in [0.05, 0.1) is 5.70 Å². The molecule has 2 aliphatic rings. The van der Waals surface area contributed by atoms with E-state index in [2.05, 4.69) is 9.98 Å². The SMILES string of the molecule is CC1C(=O)N=C2SC(c3ccncc3)=C(c3ccc(F)cc3)N21. The summed E-state index contributed by atoms with van der Waals surface area (Å²) in [7, 11) is 0. The number of hydrogen-bond donors (Lipinski definition) is 0. The molecule has 1 aromatic carbocycles. The third-order valence-corrected chi connectivity index (χ3v) is 4.97. The predicted octanol–water partition coefficient (Wildman–Crippen LogP) is 3.38. The third-order valence-electron chi connectivity index (χ3n) is 3.87. The summed E-state index contributed by atoms with van der Waals surface area (Å²) in [5.41, 5.74) is 2.75. The van der Waals surface area contributed by atoms with Gasteiger partial charge in [-0.05, 0) is 66.2 Å². The molecule has 0 fully saturated rings. The summed E-state index contributed by atoms with van der Waals surface area (Å²) in [6.07, 6.45) is 3.45. The van der Waals surface area contributed by atoms with Gasteiger partial charge in [-0.25, -0.2) is 4.39 Å². The summed E-state index contributed by atoms with van der Waals surface area (Å²) in [6, 6.07) is 9.79. The monoisotopic (exact) mass is 325 g/mol. The van der Waals surface area contributed by atoms with Gasteiger partial charge in [-0.1, -0.05) is 0 Å². The van der Waals surface area contributed by atoms with Crippen LogP contribution in [0.4, 0.5) is 4.39 Å². The van der Waals surface area contributed by atoms with Crippen LogP contribution in [0.2, 0.25) is 0 Å². The maximum Gasteiger partial charge on any atom is 0.270 e. The Morgan fingerprint density at radius 2 is 1.78 bits per heavy atom. The normalized spacial score (nSPS) is 20.1. The molecule has 2 aromatic rings. The van der Waals surface area contributed by atoms with Crippen molar-refractivity contribution in [3.63, 3.8) is 0 Å². The summed E-state index contributed by atoms with van der Waals surface area (Å²) < 4.78 is 13.3. The molecule has 4 nitrogen and oxygen atoms in total. The van der Waals surface area contributed by atoms with Crippen molar-refractivity contribution in [2.45, 2.75) is 13.0 Å². The zero-order valence-corrected chi connectivity index (χ0v) is 13.0. The van der Waals surface area contributed by atoms with Crippen molar-refractivity contribution >= 4 is 33.4 Å². The highest BCUT2D eigenvalue weighted by Gasteiger charge is 2.41. The fourth-order valence-electron chi connectivity index (χ4n) is 2.70. The molecule has 0 spiro atoms. The van der Waals surface area contributed by atoms with E-state index in [1.165, 1.54) is 23.9 Å². The second kappa shape index (κ2) is 5.31. The van der Waals surface area contributed by atoms with E-state index in [1.807, 2.05) is 24.0 Å². The van der Waals surface area contributed by atoms with Gasteiger partial charge >= 0.3 is 0 Å². The summed E-state index contributed by atoms with van der Waals surface area (Å²) in [5, 5.41) is 0.675. The smallest absolute Gasteiger partial charge is 0.270 e. The van der Waals surface area contributed by atoms with E-state index in [9.17, 15) is 9.18 Å². The number of amides is 1. The lowest BCUT2D eigenvalue weighted by Crippen LogP contribution is -2.31. The maximum absolute atomic E-state index is 13.3. The van der Waals surface area contributed by atoms with Gasteiger partial charge in [0.1, 0.15) is 11.9 Å². The number of carbonyl (C=O) groups is 1. The zero-order valence-electron chi connectivity index (χ0n) is 12.2. The lowest BCUT2D eigenvalue weighted by Gasteiger charge is -2.22. The number of carbonyl (C=O) groups excluding carboxylic acids is 1. The second-order valence-electron chi connectivity index (χ2n) is 5.30. The van der Waals surface area contributed by atoms with Crippen LogP contribution in [-0.2, 0) is 4.79 Å². The van der Waals surface area contributed by atoms with Crippen molar-refractivity contribution in [2.75, 3.05) is 0 Å². The summed E-state index contributed by atoms with van der Waals surface area (Å²) in [5.74, 6) is -0.439. The first-order chi connectivity index (χ1) is 11.1. The van der Waals surface area contributed by atoms with Gasteiger partial charge in [0.15, 0.2) is 5.17 Å². The number of hydrogen-bond acceptors (Lipinski definition) is 4. The molecule has 0 saturated heterocycles. The Morgan fingerprint density at radius 3 is 2.48 bits per heavy atom. The minimum atomic E-state index is -0.350. The summed E-state index contributed by atoms with van der Waals surface area (Å²) >= 11 is 1.46. The first-order valence-corrected chi connectivity index (χ1v) is 7.97. The average molecular weight is 325 g/mol. The molecule has 0 bridgehead atoms. The third kappa shape index (κ3) is 2.26. The van der Waals surface area contributed by atoms with Gasteiger partial charge in [0, 0.05) is 17.3 Å². The first-order valence-electron chi connectivity index (χ1n) is 7.15. The van der Waals surface area contributed by atoms with Crippen LogP contribution in [0.15, 0.2) is 53.8 Å². The number of nitrogens with zero attached hydrogens (tertiary/aromatic N) is 3. The number of benzene rings is 1. The van der Waals surface area contributed by atoms with Gasteiger partial charge in [-0.2, -0.15) is 4.99 Å². The summed E-state index contributed by atoms with van der Waals surface area (Å²) in [6.45, 7) is 1.83.